The van der Waals surface area contributed by atoms with Crippen molar-refractivity contribution in [3.05, 3.63) is 0 Å². The quantitative estimate of drug-likeness (QED) is 0.606. The SMILES string of the molecule is CC1(C)C[O][Ti]2(=[O])([CH2]C(C)(C)[CH2]2)[O]C1. The molecule has 0 amide bonds. The van der Waals surface area contributed by atoms with Crippen molar-refractivity contribution in [1.29, 1.82) is 0 Å². The van der Waals surface area contributed by atoms with E-state index in [1.54, 1.807) is 0 Å². The third kappa shape index (κ3) is 1.76. The fourth-order valence-corrected chi connectivity index (χ4v) is 11.4. The molecule has 0 unspecified atom stereocenters. The second-order valence-electron chi connectivity index (χ2n) is 6.63. The standard InChI is InChI=1S/C5H10O2.C5H10.O.Ti/c1-5(2,3-6)4-7;1-5(2,3)4;;/h3-4H2,1-2H3;1-2H2,3-4H3;;/q-2;;;+2. The maximum absolute atomic E-state index is 12.6. The van der Waals surface area contributed by atoms with E-state index in [4.69, 9.17) is 6.64 Å². The third-order valence-electron chi connectivity index (χ3n) is 3.21. The van der Waals surface area contributed by atoms with Crippen molar-refractivity contribution in [2.24, 2.45) is 10.8 Å². The number of hydrogen-bond donors (Lipinski definition) is 0. The van der Waals surface area contributed by atoms with Crippen molar-refractivity contribution in [3.8, 4) is 0 Å². The van der Waals surface area contributed by atoms with Crippen LogP contribution in [0.2, 0.25) is 9.45 Å². The molecule has 0 atom stereocenters. The van der Waals surface area contributed by atoms with Gasteiger partial charge in [0.15, 0.2) is 0 Å². The predicted octanol–water partition coefficient (Wildman–Crippen LogP) is 2.80. The summed E-state index contributed by atoms with van der Waals surface area (Å²) in [6, 6.07) is 0. The van der Waals surface area contributed by atoms with Crippen LogP contribution in [0.15, 0.2) is 0 Å². The summed E-state index contributed by atoms with van der Waals surface area (Å²) in [4.78, 5) is 0. The van der Waals surface area contributed by atoms with Gasteiger partial charge in [-0.2, -0.15) is 0 Å². The Morgan fingerprint density at radius 3 is 1.71 bits per heavy atom. The van der Waals surface area contributed by atoms with Crippen LogP contribution in [-0.2, 0) is 26.0 Å². The second kappa shape index (κ2) is 2.57. The normalized spacial score (nSPS) is 35.7. The number of hydrogen-bond acceptors (Lipinski definition) is 3. The second-order valence-corrected chi connectivity index (χ2v) is 12.9. The van der Waals surface area contributed by atoms with E-state index in [2.05, 4.69) is 27.7 Å². The van der Waals surface area contributed by atoms with Gasteiger partial charge in [-0.1, -0.05) is 0 Å². The average Bonchev–Trinajstić information content (AvgIpc) is 1.93. The monoisotopic (exact) mass is 236 g/mol. The summed E-state index contributed by atoms with van der Waals surface area (Å²) in [7, 11) is 0. The zero-order valence-corrected chi connectivity index (χ0v) is 11.1. The Balaban J connectivity index is 2.12. The van der Waals surface area contributed by atoms with Gasteiger partial charge in [0, 0.05) is 0 Å². The molecule has 0 N–H and O–H groups in total. The molecule has 0 aromatic rings. The van der Waals surface area contributed by atoms with Gasteiger partial charge in [0.05, 0.1) is 0 Å². The first-order valence-electron chi connectivity index (χ1n) is 5.31. The van der Waals surface area contributed by atoms with Crippen LogP contribution >= 0.6 is 0 Å². The summed E-state index contributed by atoms with van der Waals surface area (Å²) in [5.74, 6) is 0. The Labute approximate surface area is 87.3 Å². The summed E-state index contributed by atoms with van der Waals surface area (Å²) in [6.07, 6.45) is 0. The van der Waals surface area contributed by atoms with Crippen LogP contribution in [0.1, 0.15) is 27.7 Å². The molecule has 1 spiro atoms. The van der Waals surface area contributed by atoms with Gasteiger partial charge in [0.2, 0.25) is 0 Å². The molecule has 82 valence electrons. The van der Waals surface area contributed by atoms with E-state index in [1.807, 2.05) is 0 Å². The molecule has 0 saturated carbocycles. The van der Waals surface area contributed by atoms with Gasteiger partial charge in [0.1, 0.15) is 0 Å². The molecule has 2 aliphatic heterocycles. The van der Waals surface area contributed by atoms with Crippen molar-refractivity contribution in [1.82, 2.24) is 0 Å². The molecule has 4 heteroatoms. The van der Waals surface area contributed by atoms with Crippen LogP contribution in [0, 0.1) is 10.8 Å². The van der Waals surface area contributed by atoms with Gasteiger partial charge >= 0.3 is 87.2 Å². The third-order valence-corrected chi connectivity index (χ3v) is 10.8. The minimum atomic E-state index is -4.07. The van der Waals surface area contributed by atoms with E-state index in [9.17, 15) is 3.32 Å². The predicted molar refractivity (Wildman–Crippen MR) is 49.8 cm³/mol. The van der Waals surface area contributed by atoms with Crippen LogP contribution in [0.5, 0.6) is 0 Å². The van der Waals surface area contributed by atoms with Crippen molar-refractivity contribution in [3.63, 3.8) is 0 Å². The Bertz CT molecular complexity index is 302. The Morgan fingerprint density at radius 1 is 0.929 bits per heavy atom. The van der Waals surface area contributed by atoms with Crippen LogP contribution in [-0.4, -0.2) is 13.2 Å². The van der Waals surface area contributed by atoms with Gasteiger partial charge in [-0.3, -0.25) is 0 Å². The van der Waals surface area contributed by atoms with Crippen LogP contribution in [0.3, 0.4) is 0 Å². The fourth-order valence-electron chi connectivity index (χ4n) is 2.80. The van der Waals surface area contributed by atoms with Crippen LogP contribution < -0.4 is 0 Å². The van der Waals surface area contributed by atoms with E-state index in [1.165, 1.54) is 0 Å². The molecule has 2 aliphatic rings. The van der Waals surface area contributed by atoms with E-state index >= 15 is 0 Å². The molecule has 2 rings (SSSR count). The fraction of sp³-hybridized carbons (Fsp3) is 1.00. The molecule has 0 radical (unpaired) electrons. The first-order valence-corrected chi connectivity index (χ1v) is 9.43. The van der Waals surface area contributed by atoms with Crippen molar-refractivity contribution >= 4 is 0 Å². The molecule has 3 nitrogen and oxygen atoms in total. The molecule has 0 aromatic carbocycles. The number of rotatable bonds is 0. The topological polar surface area (TPSA) is 35.5 Å². The van der Waals surface area contributed by atoms with Crippen LogP contribution in [0.25, 0.3) is 0 Å². The van der Waals surface area contributed by atoms with E-state index in [0.29, 0.717) is 22.7 Å². The van der Waals surface area contributed by atoms with Gasteiger partial charge in [-0.15, -0.1) is 0 Å². The molecular formula is C10H20O3Ti. The molecule has 0 bridgehead atoms. The van der Waals surface area contributed by atoms with Gasteiger partial charge in [-0.25, -0.2) is 0 Å². The maximum atomic E-state index is 12.6. The van der Waals surface area contributed by atoms with Gasteiger partial charge in [-0.05, 0) is 0 Å². The molecule has 0 aromatic heterocycles. The molecular weight excluding hydrogens is 216 g/mol. The summed E-state index contributed by atoms with van der Waals surface area (Å²) in [5, 5.41) is 0. The summed E-state index contributed by atoms with van der Waals surface area (Å²) in [6.45, 7) is 9.58. The Hall–Kier alpha value is 0.434. The molecule has 2 heterocycles. The average molecular weight is 236 g/mol. The van der Waals surface area contributed by atoms with Crippen molar-refractivity contribution < 1.29 is 26.0 Å². The van der Waals surface area contributed by atoms with E-state index in [-0.39, 0.29) is 10.8 Å². The van der Waals surface area contributed by atoms with Gasteiger partial charge in [0.25, 0.3) is 0 Å². The molecule has 2 saturated heterocycles. The minimum absolute atomic E-state index is 0.0225. The molecule has 0 aliphatic carbocycles. The van der Waals surface area contributed by atoms with Crippen LogP contribution in [0.4, 0.5) is 0 Å². The molecule has 14 heavy (non-hydrogen) atoms. The first kappa shape index (κ1) is 10.9. The molecule has 2 fully saturated rings. The summed E-state index contributed by atoms with van der Waals surface area (Å²) >= 11 is -4.07. The van der Waals surface area contributed by atoms with E-state index < -0.39 is 16.1 Å². The van der Waals surface area contributed by atoms with Crippen molar-refractivity contribution in [2.45, 2.75) is 37.1 Å². The first-order chi connectivity index (χ1) is 6.13. The van der Waals surface area contributed by atoms with Gasteiger partial charge < -0.3 is 0 Å². The zero-order valence-electron chi connectivity index (χ0n) is 9.55. The van der Waals surface area contributed by atoms with Crippen molar-refractivity contribution in [2.75, 3.05) is 13.2 Å². The zero-order chi connectivity index (χ0) is 10.7. The summed E-state index contributed by atoms with van der Waals surface area (Å²) < 4.78 is 25.2. The Morgan fingerprint density at radius 2 is 1.36 bits per heavy atom. The van der Waals surface area contributed by atoms with E-state index in [0.717, 1.165) is 0 Å². The Kier molecular flexibility index (Phi) is 2.01. The summed E-state index contributed by atoms with van der Waals surface area (Å²) in [5.41, 5.74) is 0.176.